The highest BCUT2D eigenvalue weighted by Crippen LogP contribution is 2.32. The molecule has 1 fully saturated rings. The van der Waals surface area contributed by atoms with Gasteiger partial charge in [-0.3, -0.25) is 14.5 Å². The van der Waals surface area contributed by atoms with Crippen molar-refractivity contribution in [1.82, 2.24) is 15.1 Å². The number of halogens is 2. The van der Waals surface area contributed by atoms with E-state index >= 15 is 0 Å². The van der Waals surface area contributed by atoms with Gasteiger partial charge in [-0.25, -0.2) is 9.18 Å². The first-order valence-electron chi connectivity index (χ1n) is 9.16. The van der Waals surface area contributed by atoms with Crippen LogP contribution in [0.4, 0.5) is 9.18 Å². The van der Waals surface area contributed by atoms with Gasteiger partial charge in [0, 0.05) is 24.2 Å². The molecule has 1 atom stereocenters. The van der Waals surface area contributed by atoms with E-state index in [0.717, 1.165) is 4.90 Å². The Bertz CT molecular complexity index is 933. The third-order valence-electron chi connectivity index (χ3n) is 5.15. The van der Waals surface area contributed by atoms with Gasteiger partial charge in [-0.15, -0.1) is 0 Å². The summed E-state index contributed by atoms with van der Waals surface area (Å²) in [4.78, 5) is 40.4. The van der Waals surface area contributed by atoms with E-state index in [-0.39, 0.29) is 17.1 Å². The highest BCUT2D eigenvalue weighted by atomic mass is 35.5. The van der Waals surface area contributed by atoms with Gasteiger partial charge in [-0.1, -0.05) is 54.9 Å². The lowest BCUT2D eigenvalue weighted by Crippen LogP contribution is -2.45. The molecule has 1 aliphatic rings. The van der Waals surface area contributed by atoms with Crippen molar-refractivity contribution in [2.45, 2.75) is 25.4 Å². The molecule has 1 N–H and O–H groups in total. The Morgan fingerprint density at radius 2 is 1.86 bits per heavy atom. The summed E-state index contributed by atoms with van der Waals surface area (Å²) in [6, 6.07) is 12.5. The number of nitrogens with zero attached hydrogens (tertiary/aromatic N) is 2. The molecule has 152 valence electrons. The molecule has 1 aliphatic heterocycles. The third kappa shape index (κ3) is 3.82. The number of rotatable bonds is 6. The maximum atomic E-state index is 14.0. The van der Waals surface area contributed by atoms with Crippen LogP contribution in [0.5, 0.6) is 0 Å². The fourth-order valence-corrected chi connectivity index (χ4v) is 3.62. The van der Waals surface area contributed by atoms with E-state index in [4.69, 9.17) is 11.6 Å². The maximum Gasteiger partial charge on any atom is 0.325 e. The molecular weight excluding hydrogens is 397 g/mol. The lowest BCUT2D eigenvalue weighted by molar-refractivity contribution is -0.138. The molecule has 6 nitrogen and oxygen atoms in total. The van der Waals surface area contributed by atoms with Crippen molar-refractivity contribution in [3.05, 3.63) is 70.5 Å². The molecule has 0 saturated carbocycles. The Hall–Kier alpha value is -2.93. The Morgan fingerprint density at radius 1 is 1.17 bits per heavy atom. The minimum atomic E-state index is -1.20. The summed E-state index contributed by atoms with van der Waals surface area (Å²) in [6.07, 6.45) is 0.340. The van der Waals surface area contributed by atoms with Crippen molar-refractivity contribution < 1.29 is 18.8 Å². The van der Waals surface area contributed by atoms with Gasteiger partial charge in [0.05, 0.1) is 0 Å². The van der Waals surface area contributed by atoms with E-state index in [2.05, 4.69) is 5.32 Å². The minimum Gasteiger partial charge on any atom is -0.340 e. The molecule has 0 spiro atoms. The van der Waals surface area contributed by atoms with Crippen LogP contribution < -0.4 is 5.32 Å². The van der Waals surface area contributed by atoms with Crippen LogP contribution in [0.2, 0.25) is 5.02 Å². The second-order valence-electron chi connectivity index (χ2n) is 6.90. The molecule has 0 bridgehead atoms. The molecular formula is C21H21ClFN3O3. The number of carbonyl (C=O) groups excluding carboxylic acids is 3. The van der Waals surface area contributed by atoms with Crippen molar-refractivity contribution in [3.8, 4) is 0 Å². The molecule has 2 aromatic carbocycles. The van der Waals surface area contributed by atoms with Crippen LogP contribution in [0.25, 0.3) is 0 Å². The fourth-order valence-electron chi connectivity index (χ4n) is 3.40. The van der Waals surface area contributed by atoms with Gasteiger partial charge < -0.3 is 10.2 Å². The van der Waals surface area contributed by atoms with Gasteiger partial charge in [-0.05, 0) is 24.1 Å². The van der Waals surface area contributed by atoms with Crippen LogP contribution in [0, 0.1) is 5.82 Å². The molecule has 0 radical (unpaired) electrons. The SMILES string of the molecule is CC[C@@]1(c2ccccc2)NC(=O)N(CC(=O)N(C)Cc2c(F)cccc2Cl)C1=O. The molecule has 3 rings (SSSR count). The summed E-state index contributed by atoms with van der Waals surface area (Å²) in [5.41, 5.74) is -0.372. The van der Waals surface area contributed by atoms with Gasteiger partial charge in [0.25, 0.3) is 5.91 Å². The fraction of sp³-hybridized carbons (Fsp3) is 0.286. The van der Waals surface area contributed by atoms with Crippen molar-refractivity contribution in [2.24, 2.45) is 0 Å². The number of benzene rings is 2. The second-order valence-corrected chi connectivity index (χ2v) is 7.30. The summed E-state index contributed by atoms with van der Waals surface area (Å²) in [7, 11) is 1.47. The lowest BCUT2D eigenvalue weighted by Gasteiger charge is -2.26. The van der Waals surface area contributed by atoms with Gasteiger partial charge in [0.2, 0.25) is 5.91 Å². The summed E-state index contributed by atoms with van der Waals surface area (Å²) >= 11 is 6.01. The topological polar surface area (TPSA) is 69.7 Å². The van der Waals surface area contributed by atoms with E-state index in [1.165, 1.54) is 30.1 Å². The summed E-state index contributed by atoms with van der Waals surface area (Å²) in [5, 5.41) is 2.93. The monoisotopic (exact) mass is 417 g/mol. The number of nitrogens with one attached hydrogen (secondary N) is 1. The van der Waals surface area contributed by atoms with Crippen LogP contribution in [-0.2, 0) is 21.7 Å². The van der Waals surface area contributed by atoms with Crippen LogP contribution in [0.1, 0.15) is 24.5 Å². The highest BCUT2D eigenvalue weighted by Gasteiger charge is 2.51. The summed E-state index contributed by atoms with van der Waals surface area (Å²) < 4.78 is 14.0. The highest BCUT2D eigenvalue weighted by molar-refractivity contribution is 6.31. The average Bonchev–Trinajstić information content (AvgIpc) is 2.96. The molecule has 1 heterocycles. The second kappa shape index (κ2) is 8.21. The smallest absolute Gasteiger partial charge is 0.325 e. The maximum absolute atomic E-state index is 14.0. The Labute approximate surface area is 173 Å². The molecule has 0 aromatic heterocycles. The quantitative estimate of drug-likeness (QED) is 0.733. The molecule has 4 amide bonds. The number of likely N-dealkylation sites (N-methyl/N-ethyl adjacent to an activating group) is 1. The minimum absolute atomic E-state index is 0.0778. The zero-order chi connectivity index (χ0) is 21.2. The molecule has 2 aromatic rings. The number of imide groups is 1. The molecule has 29 heavy (non-hydrogen) atoms. The van der Waals surface area contributed by atoms with Crippen molar-refractivity contribution in [3.63, 3.8) is 0 Å². The predicted octanol–water partition coefficient (Wildman–Crippen LogP) is 3.29. The van der Waals surface area contributed by atoms with E-state index in [1.54, 1.807) is 31.2 Å². The zero-order valence-electron chi connectivity index (χ0n) is 16.1. The van der Waals surface area contributed by atoms with Crippen LogP contribution in [-0.4, -0.2) is 41.2 Å². The molecule has 0 aliphatic carbocycles. The molecule has 1 saturated heterocycles. The zero-order valence-corrected chi connectivity index (χ0v) is 16.9. The van der Waals surface area contributed by atoms with Gasteiger partial charge in [0.15, 0.2) is 0 Å². The third-order valence-corrected chi connectivity index (χ3v) is 5.50. The summed E-state index contributed by atoms with van der Waals surface area (Å²) in [5.74, 6) is -1.52. The number of amides is 4. The molecule has 0 unspecified atom stereocenters. The lowest BCUT2D eigenvalue weighted by atomic mass is 9.87. The Morgan fingerprint density at radius 3 is 2.48 bits per heavy atom. The van der Waals surface area contributed by atoms with Crippen LogP contribution in [0.3, 0.4) is 0 Å². The number of urea groups is 1. The number of hydrogen-bond acceptors (Lipinski definition) is 3. The number of carbonyl (C=O) groups is 3. The first-order valence-corrected chi connectivity index (χ1v) is 9.54. The average molecular weight is 418 g/mol. The standard InChI is InChI=1S/C21H21ClFN3O3/c1-3-21(14-8-5-4-6-9-14)19(28)26(20(29)24-21)13-18(27)25(2)12-15-16(22)10-7-11-17(15)23/h4-11H,3,12-13H2,1-2H3,(H,24,29)/t21-/m0/s1. The van der Waals surface area contributed by atoms with Gasteiger partial charge >= 0.3 is 6.03 Å². The van der Waals surface area contributed by atoms with Crippen molar-refractivity contribution >= 4 is 29.4 Å². The number of hydrogen-bond donors (Lipinski definition) is 1. The van der Waals surface area contributed by atoms with E-state index in [0.29, 0.717) is 12.0 Å². The predicted molar refractivity (Wildman–Crippen MR) is 107 cm³/mol. The van der Waals surface area contributed by atoms with Crippen LogP contribution in [0.15, 0.2) is 48.5 Å². The van der Waals surface area contributed by atoms with Gasteiger partial charge in [0.1, 0.15) is 17.9 Å². The van der Waals surface area contributed by atoms with E-state index in [9.17, 15) is 18.8 Å². The first-order chi connectivity index (χ1) is 13.8. The normalized spacial score (nSPS) is 18.7. The van der Waals surface area contributed by atoms with Crippen molar-refractivity contribution in [2.75, 3.05) is 13.6 Å². The van der Waals surface area contributed by atoms with Gasteiger partial charge in [-0.2, -0.15) is 0 Å². The van der Waals surface area contributed by atoms with E-state index in [1.807, 2.05) is 6.07 Å². The molecule has 8 heteroatoms. The Balaban J connectivity index is 1.77. The summed E-state index contributed by atoms with van der Waals surface area (Å²) in [6.45, 7) is 1.27. The van der Waals surface area contributed by atoms with Crippen LogP contribution >= 0.6 is 11.6 Å². The Kier molecular flexibility index (Phi) is 5.88. The first kappa shape index (κ1) is 20.8. The van der Waals surface area contributed by atoms with Crippen molar-refractivity contribution in [1.29, 1.82) is 0 Å². The largest absolute Gasteiger partial charge is 0.340 e. The van der Waals surface area contributed by atoms with E-state index < -0.39 is 35.7 Å².